The zero-order chi connectivity index (χ0) is 12.4. The standard InChI is InChI=1S/C16H34/c1-6-11-16(15(4)5)13-10-8-7-9-12-14(2)3/h14-16H,6-13H2,1-5H3. The van der Waals surface area contributed by atoms with Crippen molar-refractivity contribution in [1.29, 1.82) is 0 Å². The first-order chi connectivity index (χ1) is 7.57. The van der Waals surface area contributed by atoms with Gasteiger partial charge in [0.1, 0.15) is 0 Å². The fourth-order valence-electron chi connectivity index (χ4n) is 2.49. The molecule has 0 fully saturated rings. The zero-order valence-corrected chi connectivity index (χ0v) is 12.4. The smallest absolute Gasteiger partial charge is 0.0391 e. The van der Waals surface area contributed by atoms with E-state index in [0.717, 1.165) is 17.8 Å². The second-order valence-corrected chi connectivity index (χ2v) is 6.18. The molecule has 1 atom stereocenters. The highest BCUT2D eigenvalue weighted by molar-refractivity contribution is 4.63. The summed E-state index contributed by atoms with van der Waals surface area (Å²) in [6, 6.07) is 0. The van der Waals surface area contributed by atoms with Crippen LogP contribution in [0.15, 0.2) is 0 Å². The van der Waals surface area contributed by atoms with Gasteiger partial charge in [-0.05, 0) is 17.8 Å². The topological polar surface area (TPSA) is 0 Å². The van der Waals surface area contributed by atoms with Gasteiger partial charge < -0.3 is 0 Å². The van der Waals surface area contributed by atoms with Gasteiger partial charge in [-0.15, -0.1) is 0 Å². The Morgan fingerprint density at radius 1 is 0.688 bits per heavy atom. The number of hydrogen-bond acceptors (Lipinski definition) is 0. The number of unbranched alkanes of at least 4 members (excludes halogenated alkanes) is 3. The first kappa shape index (κ1) is 16.0. The Morgan fingerprint density at radius 3 is 1.69 bits per heavy atom. The highest BCUT2D eigenvalue weighted by atomic mass is 14.2. The minimum atomic E-state index is 0.885. The fourth-order valence-corrected chi connectivity index (χ4v) is 2.49. The van der Waals surface area contributed by atoms with Gasteiger partial charge >= 0.3 is 0 Å². The number of hydrogen-bond donors (Lipinski definition) is 0. The molecule has 0 aliphatic rings. The third-order valence-electron chi connectivity index (χ3n) is 3.71. The largest absolute Gasteiger partial charge is 0.0654 e. The van der Waals surface area contributed by atoms with E-state index < -0.39 is 0 Å². The molecule has 0 saturated carbocycles. The quantitative estimate of drug-likeness (QED) is 0.397. The maximum Gasteiger partial charge on any atom is -0.0391 e. The maximum atomic E-state index is 2.39. The van der Waals surface area contributed by atoms with Crippen LogP contribution in [-0.2, 0) is 0 Å². The lowest BCUT2D eigenvalue weighted by Gasteiger charge is -2.19. The molecule has 0 N–H and O–H groups in total. The molecule has 0 aromatic rings. The molecule has 0 heterocycles. The van der Waals surface area contributed by atoms with Gasteiger partial charge in [0.05, 0.1) is 0 Å². The van der Waals surface area contributed by atoms with E-state index in [-0.39, 0.29) is 0 Å². The maximum absolute atomic E-state index is 2.39. The molecule has 0 saturated heterocycles. The normalized spacial score (nSPS) is 13.7. The molecule has 0 aromatic carbocycles. The average molecular weight is 226 g/mol. The van der Waals surface area contributed by atoms with Crippen molar-refractivity contribution in [3.8, 4) is 0 Å². The molecule has 0 radical (unpaired) electrons. The van der Waals surface area contributed by atoms with Crippen LogP contribution in [0.2, 0.25) is 0 Å². The van der Waals surface area contributed by atoms with E-state index >= 15 is 0 Å². The van der Waals surface area contributed by atoms with Crippen molar-refractivity contribution in [2.45, 2.75) is 86.0 Å². The van der Waals surface area contributed by atoms with Crippen molar-refractivity contribution in [3.63, 3.8) is 0 Å². The predicted octanol–water partition coefficient (Wildman–Crippen LogP) is 6.06. The summed E-state index contributed by atoms with van der Waals surface area (Å²) >= 11 is 0. The third-order valence-corrected chi connectivity index (χ3v) is 3.71. The average Bonchev–Trinajstić information content (AvgIpc) is 2.20. The van der Waals surface area contributed by atoms with E-state index in [9.17, 15) is 0 Å². The van der Waals surface area contributed by atoms with Crippen LogP contribution in [0, 0.1) is 17.8 Å². The van der Waals surface area contributed by atoms with Crippen LogP contribution in [0.5, 0.6) is 0 Å². The van der Waals surface area contributed by atoms with Gasteiger partial charge in [-0.25, -0.2) is 0 Å². The molecule has 0 rings (SSSR count). The molecule has 0 spiro atoms. The van der Waals surface area contributed by atoms with Gasteiger partial charge in [0, 0.05) is 0 Å². The minimum Gasteiger partial charge on any atom is -0.0654 e. The van der Waals surface area contributed by atoms with Gasteiger partial charge in [0.15, 0.2) is 0 Å². The minimum absolute atomic E-state index is 0.885. The Labute approximate surface area is 104 Å². The van der Waals surface area contributed by atoms with Gasteiger partial charge in [-0.2, -0.15) is 0 Å². The van der Waals surface area contributed by atoms with Crippen LogP contribution in [0.4, 0.5) is 0 Å². The molecule has 0 bridgehead atoms. The Balaban J connectivity index is 3.40. The van der Waals surface area contributed by atoms with E-state index in [4.69, 9.17) is 0 Å². The summed E-state index contributed by atoms with van der Waals surface area (Å²) in [5, 5.41) is 0. The van der Waals surface area contributed by atoms with Crippen LogP contribution in [-0.4, -0.2) is 0 Å². The Hall–Kier alpha value is 0. The number of rotatable bonds is 10. The summed E-state index contributed by atoms with van der Waals surface area (Å²) < 4.78 is 0. The second kappa shape index (κ2) is 10.2. The molecule has 16 heavy (non-hydrogen) atoms. The van der Waals surface area contributed by atoms with Crippen LogP contribution in [0.1, 0.15) is 86.0 Å². The molecular weight excluding hydrogens is 192 g/mol. The second-order valence-electron chi connectivity index (χ2n) is 6.18. The first-order valence-electron chi connectivity index (χ1n) is 7.57. The van der Waals surface area contributed by atoms with Crippen molar-refractivity contribution in [3.05, 3.63) is 0 Å². The lowest BCUT2D eigenvalue weighted by molar-refractivity contribution is 0.321. The van der Waals surface area contributed by atoms with Crippen molar-refractivity contribution >= 4 is 0 Å². The molecule has 0 heteroatoms. The Morgan fingerprint density at radius 2 is 1.25 bits per heavy atom. The fraction of sp³-hybridized carbons (Fsp3) is 1.00. The summed E-state index contributed by atoms with van der Waals surface area (Å²) in [6.45, 7) is 11.8. The van der Waals surface area contributed by atoms with Crippen LogP contribution in [0.3, 0.4) is 0 Å². The first-order valence-corrected chi connectivity index (χ1v) is 7.57. The lowest BCUT2D eigenvalue weighted by Crippen LogP contribution is -2.08. The summed E-state index contributed by atoms with van der Waals surface area (Å²) in [5.74, 6) is 2.76. The van der Waals surface area contributed by atoms with E-state index in [0.29, 0.717) is 0 Å². The molecule has 0 nitrogen and oxygen atoms in total. The van der Waals surface area contributed by atoms with E-state index in [1.54, 1.807) is 0 Å². The van der Waals surface area contributed by atoms with Gasteiger partial charge in [-0.3, -0.25) is 0 Å². The van der Waals surface area contributed by atoms with Crippen molar-refractivity contribution < 1.29 is 0 Å². The third kappa shape index (κ3) is 9.24. The zero-order valence-electron chi connectivity index (χ0n) is 12.4. The SMILES string of the molecule is CCCC(CCCCCCC(C)C)C(C)C. The molecular formula is C16H34. The summed E-state index contributed by atoms with van der Waals surface area (Å²) in [6.07, 6.45) is 11.5. The van der Waals surface area contributed by atoms with Crippen LogP contribution in [0.25, 0.3) is 0 Å². The summed E-state index contributed by atoms with van der Waals surface area (Å²) in [5.41, 5.74) is 0. The molecule has 98 valence electrons. The highest BCUT2D eigenvalue weighted by Gasteiger charge is 2.11. The van der Waals surface area contributed by atoms with Gasteiger partial charge in [0.25, 0.3) is 0 Å². The Kier molecular flexibility index (Phi) is 10.2. The van der Waals surface area contributed by atoms with Crippen LogP contribution < -0.4 is 0 Å². The summed E-state index contributed by atoms with van der Waals surface area (Å²) in [4.78, 5) is 0. The van der Waals surface area contributed by atoms with Gasteiger partial charge in [0.2, 0.25) is 0 Å². The molecule has 0 amide bonds. The molecule has 0 aliphatic heterocycles. The van der Waals surface area contributed by atoms with Gasteiger partial charge in [-0.1, -0.05) is 86.0 Å². The highest BCUT2D eigenvalue weighted by Crippen LogP contribution is 2.24. The Bertz CT molecular complexity index is 135. The van der Waals surface area contributed by atoms with Crippen molar-refractivity contribution in [2.75, 3.05) is 0 Å². The lowest BCUT2D eigenvalue weighted by atomic mass is 9.86. The van der Waals surface area contributed by atoms with Crippen molar-refractivity contribution in [1.82, 2.24) is 0 Å². The molecule has 1 unspecified atom stereocenters. The summed E-state index contributed by atoms with van der Waals surface area (Å²) in [7, 11) is 0. The van der Waals surface area contributed by atoms with Crippen molar-refractivity contribution in [2.24, 2.45) is 17.8 Å². The predicted molar refractivity (Wildman–Crippen MR) is 75.8 cm³/mol. The monoisotopic (exact) mass is 226 g/mol. The van der Waals surface area contributed by atoms with E-state index in [1.807, 2.05) is 0 Å². The van der Waals surface area contributed by atoms with Crippen LogP contribution >= 0.6 is 0 Å². The molecule has 0 aliphatic carbocycles. The van der Waals surface area contributed by atoms with E-state index in [2.05, 4.69) is 34.6 Å². The van der Waals surface area contributed by atoms with E-state index in [1.165, 1.54) is 51.4 Å². The molecule has 0 aromatic heterocycles.